The van der Waals surface area contributed by atoms with Gasteiger partial charge in [0.25, 0.3) is 11.7 Å². The summed E-state index contributed by atoms with van der Waals surface area (Å²) in [5.74, 6) is -2.95. The summed E-state index contributed by atoms with van der Waals surface area (Å²) in [6.07, 6.45) is 2.12. The van der Waals surface area contributed by atoms with Crippen molar-refractivity contribution in [2.24, 2.45) is 4.99 Å². The molecule has 3 aromatic rings. The van der Waals surface area contributed by atoms with E-state index in [0.29, 0.717) is 24.2 Å². The highest BCUT2D eigenvalue weighted by Gasteiger charge is 2.32. The molecule has 0 aliphatic carbocycles. The van der Waals surface area contributed by atoms with Crippen molar-refractivity contribution >= 4 is 52.4 Å². The number of esters is 2. The molecule has 2 aromatic carbocycles. The highest BCUT2D eigenvalue weighted by atomic mass is 19.1. The van der Waals surface area contributed by atoms with Crippen LogP contribution < -0.4 is 10.6 Å². The number of aromatic nitrogens is 1. The fourth-order valence-electron chi connectivity index (χ4n) is 5.41. The Bertz CT molecular complexity index is 1730. The summed E-state index contributed by atoms with van der Waals surface area (Å²) in [5, 5.41) is 5.17. The summed E-state index contributed by atoms with van der Waals surface area (Å²) in [7, 11) is 0. The van der Waals surface area contributed by atoms with Gasteiger partial charge in [0.1, 0.15) is 11.7 Å². The molecule has 0 unspecified atom stereocenters. The van der Waals surface area contributed by atoms with E-state index < -0.39 is 35.5 Å². The zero-order valence-electron chi connectivity index (χ0n) is 28.1. The number of benzene rings is 2. The van der Waals surface area contributed by atoms with E-state index in [0.717, 1.165) is 16.8 Å². The quantitative estimate of drug-likeness (QED) is 0.0680. The van der Waals surface area contributed by atoms with Gasteiger partial charge >= 0.3 is 24.0 Å². The zero-order chi connectivity index (χ0) is 36.0. The summed E-state index contributed by atoms with van der Waals surface area (Å²) in [5.41, 5.74) is 0.530. The molecule has 0 radical (unpaired) electrons. The number of carbonyl (C=O) groups excluding carboxylic acids is 6. The maximum Gasteiger partial charge on any atom is 0.342 e. The molecule has 0 saturated carbocycles. The number of nitrogens with zero attached hydrogens (tertiary/aromatic N) is 4. The molecule has 266 valence electrons. The predicted octanol–water partition coefficient (Wildman–Crippen LogP) is 3.51. The summed E-state index contributed by atoms with van der Waals surface area (Å²) < 4.78 is 25.9. The van der Waals surface area contributed by atoms with Crippen molar-refractivity contribution in [3.05, 3.63) is 71.7 Å². The van der Waals surface area contributed by atoms with E-state index in [2.05, 4.69) is 15.6 Å². The molecule has 4 amide bonds. The SMILES string of the molecule is CCOC(=O)CCCNC(=O)N=C(c1ccccc1)N1CCN(C(=O)C(=O)c2cn(C(=O)NCCCC(=O)OCC)c3cccc(F)c23)CC1. The van der Waals surface area contributed by atoms with Gasteiger partial charge in [0, 0.05) is 69.3 Å². The average molecular weight is 693 g/mol. The number of nitrogens with one attached hydrogen (secondary N) is 2. The van der Waals surface area contributed by atoms with Crippen LogP contribution in [-0.2, 0) is 23.9 Å². The zero-order valence-corrected chi connectivity index (χ0v) is 28.1. The third-order valence-electron chi connectivity index (χ3n) is 7.82. The maximum atomic E-state index is 15.1. The van der Waals surface area contributed by atoms with Crippen molar-refractivity contribution in [1.82, 2.24) is 25.0 Å². The average Bonchev–Trinajstić information content (AvgIpc) is 3.52. The molecular weight excluding hydrogens is 651 g/mol. The van der Waals surface area contributed by atoms with Gasteiger partial charge in [-0.1, -0.05) is 36.4 Å². The largest absolute Gasteiger partial charge is 0.466 e. The summed E-state index contributed by atoms with van der Waals surface area (Å²) in [6.45, 7) is 5.01. The maximum absolute atomic E-state index is 15.1. The normalized spacial score (nSPS) is 13.1. The van der Waals surface area contributed by atoms with Crippen molar-refractivity contribution in [2.75, 3.05) is 52.5 Å². The van der Waals surface area contributed by atoms with Crippen LogP contribution in [0.3, 0.4) is 0 Å². The topological polar surface area (TPSA) is 169 Å². The number of rotatable bonds is 13. The Balaban J connectivity index is 1.42. The van der Waals surface area contributed by atoms with Gasteiger partial charge in [-0.05, 0) is 38.8 Å². The minimum atomic E-state index is -0.971. The fraction of sp³-hybridized carbons (Fsp3) is 0.400. The lowest BCUT2D eigenvalue weighted by atomic mass is 10.1. The second-order valence-electron chi connectivity index (χ2n) is 11.2. The molecule has 15 heteroatoms. The van der Waals surface area contributed by atoms with Crippen LogP contribution in [0.4, 0.5) is 14.0 Å². The number of urea groups is 1. The molecule has 2 N–H and O–H groups in total. The van der Waals surface area contributed by atoms with Gasteiger partial charge in [-0.25, -0.2) is 14.0 Å². The number of hydrogen-bond donors (Lipinski definition) is 2. The number of ketones is 1. The van der Waals surface area contributed by atoms with Gasteiger partial charge in [0.05, 0.1) is 24.3 Å². The highest BCUT2D eigenvalue weighted by Crippen LogP contribution is 2.26. The first-order chi connectivity index (χ1) is 24.1. The molecule has 1 fully saturated rings. The van der Waals surface area contributed by atoms with Crippen LogP contribution in [-0.4, -0.2) is 108 Å². The van der Waals surface area contributed by atoms with Gasteiger partial charge in [0.15, 0.2) is 0 Å². The number of piperazine rings is 1. The van der Waals surface area contributed by atoms with E-state index in [1.165, 1.54) is 17.0 Å². The van der Waals surface area contributed by atoms with Crippen molar-refractivity contribution in [1.29, 1.82) is 0 Å². The summed E-state index contributed by atoms with van der Waals surface area (Å²) >= 11 is 0. The third kappa shape index (κ3) is 9.74. The van der Waals surface area contributed by atoms with E-state index >= 15 is 4.39 Å². The molecule has 1 aliphatic rings. The number of carbonyl (C=O) groups is 6. The Morgan fingerprint density at radius 1 is 0.780 bits per heavy atom. The number of fused-ring (bicyclic) bond motifs is 1. The number of amides is 4. The van der Waals surface area contributed by atoms with Crippen LogP contribution in [0.2, 0.25) is 0 Å². The Kier molecular flexibility index (Phi) is 13.6. The van der Waals surface area contributed by atoms with E-state index in [-0.39, 0.29) is 87.8 Å². The molecule has 0 bridgehead atoms. The van der Waals surface area contributed by atoms with Gasteiger partial charge in [-0.3, -0.25) is 23.7 Å². The van der Waals surface area contributed by atoms with Gasteiger partial charge < -0.3 is 29.9 Å². The molecule has 1 aromatic heterocycles. The van der Waals surface area contributed by atoms with Crippen LogP contribution >= 0.6 is 0 Å². The first-order valence-corrected chi connectivity index (χ1v) is 16.5. The van der Waals surface area contributed by atoms with Gasteiger partial charge in [-0.2, -0.15) is 4.99 Å². The molecule has 50 heavy (non-hydrogen) atoms. The van der Waals surface area contributed by atoms with Crippen LogP contribution in [0.15, 0.2) is 59.7 Å². The summed E-state index contributed by atoms with van der Waals surface area (Å²) in [4.78, 5) is 83.4. The monoisotopic (exact) mass is 692 g/mol. The Morgan fingerprint density at radius 3 is 2.00 bits per heavy atom. The first kappa shape index (κ1) is 37.2. The van der Waals surface area contributed by atoms with Crippen molar-refractivity contribution in [3.63, 3.8) is 0 Å². The van der Waals surface area contributed by atoms with E-state index in [1.807, 2.05) is 11.0 Å². The lowest BCUT2D eigenvalue weighted by molar-refractivity contribution is -0.144. The number of amidine groups is 1. The smallest absolute Gasteiger partial charge is 0.342 e. The number of ether oxygens (including phenoxy) is 2. The molecule has 1 saturated heterocycles. The third-order valence-corrected chi connectivity index (χ3v) is 7.82. The van der Waals surface area contributed by atoms with E-state index in [4.69, 9.17) is 9.47 Å². The Hall–Kier alpha value is -5.60. The van der Waals surface area contributed by atoms with Crippen LogP contribution in [0.5, 0.6) is 0 Å². The minimum Gasteiger partial charge on any atom is -0.466 e. The van der Waals surface area contributed by atoms with E-state index in [1.54, 1.807) is 38.1 Å². The number of aliphatic imine (C=N–C) groups is 1. The highest BCUT2D eigenvalue weighted by molar-refractivity contribution is 6.45. The van der Waals surface area contributed by atoms with Crippen molar-refractivity contribution in [3.8, 4) is 0 Å². The molecule has 0 spiro atoms. The molecule has 14 nitrogen and oxygen atoms in total. The lowest BCUT2D eigenvalue weighted by Gasteiger charge is -2.36. The van der Waals surface area contributed by atoms with Crippen LogP contribution in [0, 0.1) is 5.82 Å². The number of hydrogen-bond acceptors (Lipinski definition) is 8. The second-order valence-corrected chi connectivity index (χ2v) is 11.2. The van der Waals surface area contributed by atoms with Crippen LogP contribution in [0.1, 0.15) is 55.5 Å². The number of Topliss-reactive ketones (excluding diaryl/α,β-unsaturated/α-hetero) is 1. The van der Waals surface area contributed by atoms with Crippen LogP contribution in [0.25, 0.3) is 10.9 Å². The van der Waals surface area contributed by atoms with Crippen molar-refractivity contribution < 1.29 is 42.6 Å². The van der Waals surface area contributed by atoms with E-state index in [9.17, 15) is 28.8 Å². The fourth-order valence-corrected chi connectivity index (χ4v) is 5.41. The molecule has 4 rings (SSSR count). The summed E-state index contributed by atoms with van der Waals surface area (Å²) in [6, 6.07) is 11.8. The molecule has 1 aliphatic heterocycles. The number of halogens is 1. The van der Waals surface area contributed by atoms with Crippen molar-refractivity contribution in [2.45, 2.75) is 39.5 Å². The Labute approximate surface area is 288 Å². The van der Waals surface area contributed by atoms with Gasteiger partial charge in [0.2, 0.25) is 0 Å². The van der Waals surface area contributed by atoms with Gasteiger partial charge in [-0.15, -0.1) is 0 Å². The molecular formula is C35H41FN6O8. The first-order valence-electron chi connectivity index (χ1n) is 16.5. The molecule has 2 heterocycles. The lowest BCUT2D eigenvalue weighted by Crippen LogP contribution is -2.52. The standard InChI is InChI=1S/C35H41FN6O8/c1-3-49-28(43)15-9-17-37-34(47)39-32(24-11-6-5-7-12-24)40-19-21-41(22-20-40)33(46)31(45)25-23-42(27-14-8-13-26(36)30(25)27)35(48)38-18-10-16-29(44)50-4-2/h5-8,11-14,23H,3-4,9-10,15-22H2,1-2H3,(H,37,47)(H,38,48). The minimum absolute atomic E-state index is 0.102. The predicted molar refractivity (Wildman–Crippen MR) is 181 cm³/mol. The Morgan fingerprint density at radius 2 is 1.38 bits per heavy atom. The second kappa shape index (κ2) is 18.2. The molecule has 0 atom stereocenters.